The molecule has 1 rings (SSSR count). The molecule has 0 spiro atoms. The van der Waals surface area contributed by atoms with Crippen molar-refractivity contribution in [3.8, 4) is 0 Å². The van der Waals surface area contributed by atoms with Crippen LogP contribution in [0.3, 0.4) is 0 Å². The largest absolute Gasteiger partial charge is 0.416 e. The summed E-state index contributed by atoms with van der Waals surface area (Å²) in [5.41, 5.74) is 4.25. The first kappa shape index (κ1) is 12.3. The van der Waals surface area contributed by atoms with Crippen LogP contribution < -0.4 is 11.1 Å². The van der Waals surface area contributed by atoms with E-state index < -0.39 is 24.3 Å². The number of nitrogens with two attached hydrogens (primary N) is 1. The summed E-state index contributed by atoms with van der Waals surface area (Å²) in [5, 5.41) is 10.6. The number of rotatable bonds is 2. The zero-order valence-electron chi connectivity index (χ0n) is 8.01. The lowest BCUT2D eigenvalue weighted by Crippen LogP contribution is -2.17. The molecule has 4 N–H and O–H groups in total. The van der Waals surface area contributed by atoms with Crippen molar-refractivity contribution in [2.24, 2.45) is 0 Å². The fourth-order valence-electron chi connectivity index (χ4n) is 1.04. The minimum Gasteiger partial charge on any atom is -0.397 e. The molecular formula is C9H9F3N2O2. The van der Waals surface area contributed by atoms with Gasteiger partial charge in [0.1, 0.15) is 6.61 Å². The molecule has 0 bridgehead atoms. The number of nitrogen functional groups attached to an aromatic ring is 1. The number of alkyl halides is 3. The molecule has 0 atom stereocenters. The van der Waals surface area contributed by atoms with Crippen LogP contribution >= 0.6 is 0 Å². The molecule has 7 heteroatoms. The number of aliphatic hydroxyl groups excluding tert-OH is 1. The minimum atomic E-state index is -4.48. The highest BCUT2D eigenvalue weighted by Gasteiger charge is 2.30. The second-order valence-corrected chi connectivity index (χ2v) is 3.01. The Bertz CT molecular complexity index is 404. The summed E-state index contributed by atoms with van der Waals surface area (Å²) in [4.78, 5) is 10.8. The molecule has 4 nitrogen and oxygen atoms in total. The van der Waals surface area contributed by atoms with Crippen molar-refractivity contribution in [3.05, 3.63) is 23.8 Å². The highest BCUT2D eigenvalue weighted by atomic mass is 19.4. The molecule has 0 radical (unpaired) electrons. The third-order valence-electron chi connectivity index (χ3n) is 1.80. The van der Waals surface area contributed by atoms with Gasteiger partial charge >= 0.3 is 6.18 Å². The fraction of sp³-hybridized carbons (Fsp3) is 0.222. The van der Waals surface area contributed by atoms with Gasteiger partial charge in [-0.15, -0.1) is 0 Å². The number of benzene rings is 1. The van der Waals surface area contributed by atoms with Gasteiger partial charge in [-0.3, -0.25) is 4.79 Å². The summed E-state index contributed by atoms with van der Waals surface area (Å²) >= 11 is 0. The summed E-state index contributed by atoms with van der Waals surface area (Å²) < 4.78 is 36.7. The molecule has 0 aliphatic rings. The van der Waals surface area contributed by atoms with Crippen LogP contribution in [0.4, 0.5) is 24.5 Å². The predicted octanol–water partition coefficient (Wildman–Crippen LogP) is 1.22. The van der Waals surface area contributed by atoms with Crippen molar-refractivity contribution in [2.75, 3.05) is 17.7 Å². The molecule has 0 aliphatic carbocycles. The predicted molar refractivity (Wildman–Crippen MR) is 51.6 cm³/mol. The average molecular weight is 234 g/mol. The van der Waals surface area contributed by atoms with Gasteiger partial charge in [0, 0.05) is 0 Å². The highest BCUT2D eigenvalue weighted by Crippen LogP contribution is 2.32. The first-order chi connectivity index (χ1) is 7.34. The molecule has 1 aromatic carbocycles. The van der Waals surface area contributed by atoms with Gasteiger partial charge in [0.15, 0.2) is 0 Å². The number of carbonyl (C=O) groups is 1. The fourth-order valence-corrected chi connectivity index (χ4v) is 1.04. The summed E-state index contributed by atoms with van der Waals surface area (Å²) in [5.74, 6) is -0.744. The van der Waals surface area contributed by atoms with Crippen LogP contribution in [-0.2, 0) is 11.0 Å². The first-order valence-corrected chi connectivity index (χ1v) is 4.22. The lowest BCUT2D eigenvalue weighted by molar-refractivity contribution is -0.137. The molecule has 88 valence electrons. The van der Waals surface area contributed by atoms with E-state index in [1.807, 2.05) is 0 Å². The van der Waals surface area contributed by atoms with E-state index in [1.54, 1.807) is 0 Å². The zero-order chi connectivity index (χ0) is 12.3. The Morgan fingerprint density at radius 2 is 2.06 bits per heavy atom. The first-order valence-electron chi connectivity index (χ1n) is 4.22. The SMILES string of the molecule is Nc1cc(C(F)(F)F)ccc1NC(=O)CO. The number of nitrogens with one attached hydrogen (secondary N) is 1. The van der Waals surface area contributed by atoms with E-state index in [2.05, 4.69) is 5.32 Å². The molecule has 0 saturated heterocycles. The van der Waals surface area contributed by atoms with Crippen LogP contribution in [0.5, 0.6) is 0 Å². The van der Waals surface area contributed by atoms with Crippen LogP contribution in [0.1, 0.15) is 5.56 Å². The van der Waals surface area contributed by atoms with Crippen molar-refractivity contribution in [1.29, 1.82) is 0 Å². The van der Waals surface area contributed by atoms with Crippen molar-refractivity contribution in [1.82, 2.24) is 0 Å². The summed E-state index contributed by atoms with van der Waals surface area (Å²) in [6, 6.07) is 2.54. The van der Waals surface area contributed by atoms with Crippen LogP contribution in [0.25, 0.3) is 0 Å². The number of halogens is 3. The Labute approximate surface area is 88.9 Å². The number of aliphatic hydroxyl groups is 1. The summed E-state index contributed by atoms with van der Waals surface area (Å²) in [6.07, 6.45) is -4.48. The molecule has 1 aromatic rings. The number of hydrogen-bond donors (Lipinski definition) is 3. The Morgan fingerprint density at radius 3 is 2.50 bits per heavy atom. The van der Waals surface area contributed by atoms with Crippen LogP contribution in [-0.4, -0.2) is 17.6 Å². The van der Waals surface area contributed by atoms with Gasteiger partial charge in [-0.05, 0) is 18.2 Å². The maximum Gasteiger partial charge on any atom is 0.416 e. The number of carbonyl (C=O) groups excluding carboxylic acids is 1. The summed E-state index contributed by atoms with van der Waals surface area (Å²) in [6.45, 7) is -0.763. The Hall–Kier alpha value is -1.76. The minimum absolute atomic E-state index is 0.0343. The monoisotopic (exact) mass is 234 g/mol. The average Bonchev–Trinajstić information content (AvgIpc) is 2.19. The van der Waals surface area contributed by atoms with Gasteiger partial charge in [-0.25, -0.2) is 0 Å². The van der Waals surface area contributed by atoms with Crippen molar-refractivity contribution < 1.29 is 23.1 Å². The lowest BCUT2D eigenvalue weighted by atomic mass is 10.1. The maximum atomic E-state index is 12.2. The van der Waals surface area contributed by atoms with E-state index in [9.17, 15) is 18.0 Å². The second kappa shape index (κ2) is 4.40. The Kier molecular flexibility index (Phi) is 3.38. The van der Waals surface area contributed by atoms with E-state index in [4.69, 9.17) is 10.8 Å². The van der Waals surface area contributed by atoms with Crippen LogP contribution in [0.2, 0.25) is 0 Å². The van der Waals surface area contributed by atoms with E-state index in [0.717, 1.165) is 12.1 Å². The molecule has 1 amide bonds. The third-order valence-corrected chi connectivity index (χ3v) is 1.80. The molecule has 0 fully saturated rings. The summed E-state index contributed by atoms with van der Waals surface area (Å²) in [7, 11) is 0. The van der Waals surface area contributed by atoms with Gasteiger partial charge in [0.05, 0.1) is 16.9 Å². The number of anilines is 2. The Balaban J connectivity index is 2.96. The molecule has 0 saturated carbocycles. The van der Waals surface area contributed by atoms with E-state index in [1.165, 1.54) is 0 Å². The van der Waals surface area contributed by atoms with Crippen molar-refractivity contribution >= 4 is 17.3 Å². The topological polar surface area (TPSA) is 75.3 Å². The van der Waals surface area contributed by atoms with Gasteiger partial charge in [-0.1, -0.05) is 0 Å². The van der Waals surface area contributed by atoms with Gasteiger partial charge in [-0.2, -0.15) is 13.2 Å². The van der Waals surface area contributed by atoms with Gasteiger partial charge in [0.2, 0.25) is 5.91 Å². The third kappa shape index (κ3) is 2.86. The molecule has 0 unspecified atom stereocenters. The quantitative estimate of drug-likeness (QED) is 0.673. The van der Waals surface area contributed by atoms with Gasteiger partial charge < -0.3 is 16.2 Å². The van der Waals surface area contributed by atoms with Crippen molar-refractivity contribution in [2.45, 2.75) is 6.18 Å². The molecule has 0 aliphatic heterocycles. The van der Waals surface area contributed by atoms with Gasteiger partial charge in [0.25, 0.3) is 0 Å². The second-order valence-electron chi connectivity index (χ2n) is 3.01. The zero-order valence-corrected chi connectivity index (χ0v) is 8.01. The maximum absolute atomic E-state index is 12.2. The van der Waals surface area contributed by atoms with Crippen molar-refractivity contribution in [3.63, 3.8) is 0 Å². The Morgan fingerprint density at radius 1 is 1.44 bits per heavy atom. The lowest BCUT2D eigenvalue weighted by Gasteiger charge is -2.11. The molecular weight excluding hydrogens is 225 g/mol. The van der Waals surface area contributed by atoms with E-state index in [0.29, 0.717) is 6.07 Å². The number of amides is 1. The van der Waals surface area contributed by atoms with Crippen LogP contribution in [0.15, 0.2) is 18.2 Å². The molecule has 16 heavy (non-hydrogen) atoms. The standard InChI is InChI=1S/C9H9F3N2O2/c10-9(11,12)5-1-2-7(6(13)3-5)14-8(16)4-15/h1-3,15H,4,13H2,(H,14,16). The molecule has 0 aromatic heterocycles. The van der Waals surface area contributed by atoms with Crippen LogP contribution in [0, 0.1) is 0 Å². The number of hydrogen-bond acceptors (Lipinski definition) is 3. The highest BCUT2D eigenvalue weighted by molar-refractivity contribution is 5.94. The molecule has 0 heterocycles. The van der Waals surface area contributed by atoms with E-state index >= 15 is 0 Å². The van der Waals surface area contributed by atoms with E-state index in [-0.39, 0.29) is 11.4 Å². The normalized spacial score (nSPS) is 11.2. The smallest absolute Gasteiger partial charge is 0.397 e.